The first-order chi connectivity index (χ1) is 17.0. The van der Waals surface area contributed by atoms with Gasteiger partial charge in [0, 0.05) is 47.8 Å². The Morgan fingerprint density at radius 2 is 1.43 bits per heavy atom. The molecule has 0 radical (unpaired) electrons. The minimum atomic E-state index is -0.510. The first kappa shape index (κ1) is 23.7. The van der Waals surface area contributed by atoms with Crippen LogP contribution in [0.4, 0.5) is 27.5 Å². The average molecular weight is 473 g/mol. The zero-order valence-corrected chi connectivity index (χ0v) is 18.8. The molecule has 2 N–H and O–H groups in total. The minimum absolute atomic E-state index is 0.0599. The second kappa shape index (κ2) is 11.1. The first-order valence-electron chi connectivity index (χ1n) is 11.1. The number of carbonyl (C=O) groups excluding carboxylic acids is 2. The second-order valence-electron chi connectivity index (χ2n) is 7.85. The predicted octanol–water partition coefficient (Wildman–Crippen LogP) is 4.97. The van der Waals surface area contributed by atoms with Gasteiger partial charge in [0.15, 0.2) is 5.78 Å². The van der Waals surface area contributed by atoms with Gasteiger partial charge in [0.25, 0.3) is 5.69 Å². The smallest absolute Gasteiger partial charge is 0.323 e. The van der Waals surface area contributed by atoms with Crippen LogP contribution in [0.3, 0.4) is 0 Å². The van der Waals surface area contributed by atoms with E-state index in [1.54, 1.807) is 30.3 Å². The fraction of sp³-hybridized carbons (Fsp3) is 0.154. The number of anilines is 3. The van der Waals surface area contributed by atoms with Crippen LogP contribution in [0.1, 0.15) is 15.9 Å². The molecule has 1 aliphatic rings. The SMILES string of the molecule is O=C(Nc1ccc(C(=O)/C=C/c2ccc(N3CCOCC3)cc2)cc1)Nc1ccc([N+](=O)[O-])cc1. The maximum Gasteiger partial charge on any atom is 0.323 e. The van der Waals surface area contributed by atoms with Crippen molar-refractivity contribution >= 4 is 40.6 Å². The number of hydrogen-bond donors (Lipinski definition) is 2. The number of allylic oxidation sites excluding steroid dienone is 1. The number of benzene rings is 3. The van der Waals surface area contributed by atoms with Crippen LogP contribution in [-0.2, 0) is 4.74 Å². The maximum absolute atomic E-state index is 12.5. The van der Waals surface area contributed by atoms with Crippen molar-refractivity contribution in [3.8, 4) is 0 Å². The van der Waals surface area contributed by atoms with E-state index in [0.717, 1.165) is 37.6 Å². The highest BCUT2D eigenvalue weighted by Gasteiger charge is 2.11. The third-order valence-electron chi connectivity index (χ3n) is 5.46. The van der Waals surface area contributed by atoms with Crippen molar-refractivity contribution in [2.75, 3.05) is 41.8 Å². The molecule has 4 rings (SSSR count). The highest BCUT2D eigenvalue weighted by atomic mass is 16.6. The van der Waals surface area contributed by atoms with Gasteiger partial charge in [-0.2, -0.15) is 0 Å². The normalized spacial score (nSPS) is 13.4. The van der Waals surface area contributed by atoms with Crippen molar-refractivity contribution in [2.45, 2.75) is 0 Å². The van der Waals surface area contributed by atoms with Crippen LogP contribution in [-0.4, -0.2) is 43.0 Å². The van der Waals surface area contributed by atoms with Gasteiger partial charge < -0.3 is 20.3 Å². The van der Waals surface area contributed by atoms with Gasteiger partial charge in [-0.15, -0.1) is 0 Å². The van der Waals surface area contributed by atoms with Crippen LogP contribution in [0.25, 0.3) is 6.08 Å². The Labute approximate surface area is 202 Å². The van der Waals surface area contributed by atoms with Gasteiger partial charge in [0.05, 0.1) is 18.1 Å². The number of morpholine rings is 1. The van der Waals surface area contributed by atoms with Crippen molar-refractivity contribution in [3.63, 3.8) is 0 Å². The van der Waals surface area contributed by atoms with Crippen LogP contribution in [0.2, 0.25) is 0 Å². The summed E-state index contributed by atoms with van der Waals surface area (Å²) in [5.41, 5.74) is 3.42. The van der Waals surface area contributed by atoms with Crippen molar-refractivity contribution in [3.05, 3.63) is 100 Å². The molecule has 0 atom stereocenters. The Morgan fingerprint density at radius 1 is 0.857 bits per heavy atom. The summed E-state index contributed by atoms with van der Waals surface area (Å²) in [5, 5.41) is 16.0. The zero-order chi connectivity index (χ0) is 24.6. The largest absolute Gasteiger partial charge is 0.378 e. The molecule has 1 aliphatic heterocycles. The zero-order valence-electron chi connectivity index (χ0n) is 18.8. The molecular formula is C26H24N4O5. The molecule has 9 heteroatoms. The Kier molecular flexibility index (Phi) is 7.49. The van der Waals surface area contributed by atoms with E-state index >= 15 is 0 Å². The number of nitro benzene ring substituents is 1. The van der Waals surface area contributed by atoms with E-state index in [0.29, 0.717) is 16.9 Å². The molecule has 0 unspecified atom stereocenters. The number of nitrogens with one attached hydrogen (secondary N) is 2. The van der Waals surface area contributed by atoms with Crippen molar-refractivity contribution in [2.24, 2.45) is 0 Å². The van der Waals surface area contributed by atoms with Gasteiger partial charge in [-0.25, -0.2) is 4.79 Å². The Morgan fingerprint density at radius 3 is 2.00 bits per heavy atom. The molecule has 1 heterocycles. The number of ether oxygens (including phenoxy) is 1. The van der Waals surface area contributed by atoms with Crippen LogP contribution in [0.5, 0.6) is 0 Å². The molecule has 3 aromatic rings. The fourth-order valence-electron chi connectivity index (χ4n) is 3.56. The lowest BCUT2D eigenvalue weighted by atomic mass is 10.1. The summed E-state index contributed by atoms with van der Waals surface area (Å²) in [4.78, 5) is 37.1. The van der Waals surface area contributed by atoms with Gasteiger partial charge in [0.2, 0.25) is 0 Å². The van der Waals surface area contributed by atoms with Gasteiger partial charge in [-0.1, -0.05) is 18.2 Å². The van der Waals surface area contributed by atoms with Crippen molar-refractivity contribution < 1.29 is 19.2 Å². The summed E-state index contributed by atoms with van der Waals surface area (Å²) in [5.74, 6) is -0.149. The summed E-state index contributed by atoms with van der Waals surface area (Å²) < 4.78 is 5.38. The Bertz CT molecular complexity index is 1220. The van der Waals surface area contributed by atoms with Crippen LogP contribution < -0.4 is 15.5 Å². The molecule has 178 valence electrons. The number of non-ortho nitro benzene ring substituents is 1. The minimum Gasteiger partial charge on any atom is -0.378 e. The van der Waals surface area contributed by atoms with E-state index in [4.69, 9.17) is 4.74 Å². The molecule has 35 heavy (non-hydrogen) atoms. The lowest BCUT2D eigenvalue weighted by molar-refractivity contribution is -0.384. The van der Waals surface area contributed by atoms with E-state index < -0.39 is 11.0 Å². The lowest BCUT2D eigenvalue weighted by Crippen LogP contribution is -2.36. The third kappa shape index (κ3) is 6.52. The van der Waals surface area contributed by atoms with Crippen LogP contribution in [0, 0.1) is 10.1 Å². The summed E-state index contributed by atoms with van der Waals surface area (Å²) in [7, 11) is 0. The average Bonchev–Trinajstić information content (AvgIpc) is 2.89. The van der Waals surface area contributed by atoms with E-state index in [1.165, 1.54) is 30.3 Å². The molecule has 2 amide bonds. The fourth-order valence-corrected chi connectivity index (χ4v) is 3.56. The number of amides is 2. The molecule has 0 aliphatic carbocycles. The van der Waals surface area contributed by atoms with Crippen LogP contribution >= 0.6 is 0 Å². The monoisotopic (exact) mass is 472 g/mol. The number of carbonyl (C=O) groups is 2. The van der Waals surface area contributed by atoms with Gasteiger partial charge in [-0.05, 0) is 60.2 Å². The third-order valence-corrected chi connectivity index (χ3v) is 5.46. The van der Waals surface area contributed by atoms with Gasteiger partial charge in [-0.3, -0.25) is 14.9 Å². The van der Waals surface area contributed by atoms with Gasteiger partial charge in [0.1, 0.15) is 0 Å². The highest BCUT2D eigenvalue weighted by Crippen LogP contribution is 2.19. The first-order valence-corrected chi connectivity index (χ1v) is 11.1. The number of nitro groups is 1. The number of nitrogens with zero attached hydrogens (tertiary/aromatic N) is 2. The van der Waals surface area contributed by atoms with E-state index in [1.807, 2.05) is 24.3 Å². The summed E-state index contributed by atoms with van der Waals surface area (Å²) >= 11 is 0. The molecule has 9 nitrogen and oxygen atoms in total. The molecule has 0 bridgehead atoms. The number of hydrogen-bond acceptors (Lipinski definition) is 6. The van der Waals surface area contributed by atoms with Gasteiger partial charge >= 0.3 is 6.03 Å². The van der Waals surface area contributed by atoms with E-state index in [9.17, 15) is 19.7 Å². The molecule has 0 saturated carbocycles. The second-order valence-corrected chi connectivity index (χ2v) is 7.85. The molecule has 0 aromatic heterocycles. The quantitative estimate of drug-likeness (QED) is 0.217. The predicted molar refractivity (Wildman–Crippen MR) is 135 cm³/mol. The molecule has 3 aromatic carbocycles. The summed E-state index contributed by atoms with van der Waals surface area (Å²) in [6.07, 6.45) is 3.29. The standard InChI is InChI=1S/C26H24N4O5/c31-25(14-3-19-1-10-23(11-2-19)29-15-17-35-18-16-29)20-4-6-21(7-5-20)27-26(32)28-22-8-12-24(13-9-22)30(33)34/h1-14H,15-18H2,(H2,27,28,32)/b14-3+. The lowest BCUT2D eigenvalue weighted by Gasteiger charge is -2.28. The van der Waals surface area contributed by atoms with Crippen molar-refractivity contribution in [1.82, 2.24) is 0 Å². The van der Waals surface area contributed by atoms with Crippen molar-refractivity contribution in [1.29, 1.82) is 0 Å². The maximum atomic E-state index is 12.5. The molecule has 1 saturated heterocycles. The number of urea groups is 1. The number of ketones is 1. The number of rotatable bonds is 7. The summed E-state index contributed by atoms with van der Waals surface area (Å²) in [6.45, 7) is 3.21. The van der Waals surface area contributed by atoms with E-state index in [2.05, 4.69) is 15.5 Å². The molecule has 0 spiro atoms. The topological polar surface area (TPSA) is 114 Å². The Balaban J connectivity index is 1.29. The summed E-state index contributed by atoms with van der Waals surface area (Å²) in [6, 6.07) is 19.6. The molecule has 1 fully saturated rings. The van der Waals surface area contributed by atoms with Crippen LogP contribution in [0.15, 0.2) is 78.9 Å². The molecular weight excluding hydrogens is 448 g/mol. The Hall–Kier alpha value is -4.50. The van der Waals surface area contributed by atoms with E-state index in [-0.39, 0.29) is 11.5 Å². The highest BCUT2D eigenvalue weighted by molar-refractivity contribution is 6.07.